The summed E-state index contributed by atoms with van der Waals surface area (Å²) in [7, 11) is 2.04. The molecule has 2 heterocycles. The minimum absolute atomic E-state index is 0.237. The predicted octanol–water partition coefficient (Wildman–Crippen LogP) is 3.01. The molecule has 5 nitrogen and oxygen atoms in total. The third-order valence-corrected chi connectivity index (χ3v) is 5.13. The molecular weight excluding hydrogens is 266 g/mol. The van der Waals surface area contributed by atoms with E-state index >= 15 is 0 Å². The number of hydrogen-bond acceptors (Lipinski definition) is 4. The smallest absolute Gasteiger partial charge is 0.274 e. The molecule has 1 aromatic carbocycles. The van der Waals surface area contributed by atoms with Crippen molar-refractivity contribution in [3.05, 3.63) is 33.9 Å². The van der Waals surface area contributed by atoms with Gasteiger partial charge in [0, 0.05) is 29.9 Å². The third-order valence-electron chi connectivity index (χ3n) is 5.13. The van der Waals surface area contributed by atoms with Crippen LogP contribution in [-0.2, 0) is 0 Å². The largest absolute Gasteiger partial charge is 0.365 e. The Bertz CT molecular complexity index is 532. The second-order valence-electron chi connectivity index (χ2n) is 6.28. The van der Waals surface area contributed by atoms with Crippen LogP contribution in [0.3, 0.4) is 0 Å². The van der Waals surface area contributed by atoms with Gasteiger partial charge in [-0.25, -0.2) is 0 Å². The Hall–Kier alpha value is -1.62. The van der Waals surface area contributed by atoms with Gasteiger partial charge in [0.2, 0.25) is 0 Å². The molecule has 0 saturated carbocycles. The molecule has 1 aromatic rings. The van der Waals surface area contributed by atoms with Crippen molar-refractivity contribution >= 4 is 11.4 Å². The summed E-state index contributed by atoms with van der Waals surface area (Å²) in [5.74, 6) is 0. The average molecular weight is 289 g/mol. The molecule has 2 saturated heterocycles. The summed E-state index contributed by atoms with van der Waals surface area (Å²) < 4.78 is 0. The lowest BCUT2D eigenvalue weighted by Gasteiger charge is -2.50. The summed E-state index contributed by atoms with van der Waals surface area (Å²) in [5, 5.41) is 14.6. The molecule has 5 heteroatoms. The van der Waals surface area contributed by atoms with Gasteiger partial charge in [0.1, 0.15) is 0 Å². The van der Waals surface area contributed by atoms with E-state index in [-0.39, 0.29) is 10.6 Å². The molecule has 2 aliphatic heterocycles. The molecule has 1 N–H and O–H groups in total. The maximum atomic E-state index is 11.2. The number of hydrogen-bond donors (Lipinski definition) is 1. The number of rotatable bonds is 3. The molecule has 0 radical (unpaired) electrons. The standard InChI is InChI=1S/C16H23N3O2/c1-11-15(7-4-8-16(11)19(20)21)18-13-5-3-6-14(18)10-12(9-13)17-2/h4,7-8,12-14,17H,3,5-6,9-10H2,1-2H3. The number of benzene rings is 1. The number of piperidine rings is 2. The van der Waals surface area contributed by atoms with E-state index in [1.54, 1.807) is 6.07 Å². The van der Waals surface area contributed by atoms with Gasteiger partial charge in [0.25, 0.3) is 5.69 Å². The van der Waals surface area contributed by atoms with Crippen molar-refractivity contribution in [3.63, 3.8) is 0 Å². The summed E-state index contributed by atoms with van der Waals surface area (Å²) in [4.78, 5) is 13.4. The zero-order chi connectivity index (χ0) is 15.0. The Morgan fingerprint density at radius 2 is 1.95 bits per heavy atom. The first kappa shape index (κ1) is 14.3. The quantitative estimate of drug-likeness (QED) is 0.686. The Morgan fingerprint density at radius 1 is 1.29 bits per heavy atom. The van der Waals surface area contributed by atoms with E-state index in [2.05, 4.69) is 10.2 Å². The van der Waals surface area contributed by atoms with Gasteiger partial charge in [-0.2, -0.15) is 0 Å². The van der Waals surface area contributed by atoms with Crippen LogP contribution in [0.25, 0.3) is 0 Å². The summed E-state index contributed by atoms with van der Waals surface area (Å²) in [6.07, 6.45) is 5.92. The van der Waals surface area contributed by atoms with Gasteiger partial charge >= 0.3 is 0 Å². The molecule has 0 spiro atoms. The van der Waals surface area contributed by atoms with Crippen LogP contribution in [0, 0.1) is 17.0 Å². The Kier molecular flexibility index (Phi) is 3.85. The third kappa shape index (κ3) is 2.50. The molecule has 2 unspecified atom stereocenters. The molecule has 2 atom stereocenters. The topological polar surface area (TPSA) is 58.4 Å². The van der Waals surface area contributed by atoms with E-state index in [0.717, 1.165) is 24.1 Å². The number of nitrogens with zero attached hydrogens (tertiary/aromatic N) is 2. The van der Waals surface area contributed by atoms with E-state index in [0.29, 0.717) is 18.1 Å². The van der Waals surface area contributed by atoms with Gasteiger partial charge in [-0.3, -0.25) is 10.1 Å². The van der Waals surface area contributed by atoms with E-state index in [1.165, 1.54) is 19.3 Å². The van der Waals surface area contributed by atoms with E-state index in [1.807, 2.05) is 26.1 Å². The molecule has 114 valence electrons. The number of anilines is 1. The number of nitro groups is 1. The van der Waals surface area contributed by atoms with Gasteiger partial charge in [-0.1, -0.05) is 6.07 Å². The second-order valence-corrected chi connectivity index (χ2v) is 6.28. The minimum Gasteiger partial charge on any atom is -0.365 e. The van der Waals surface area contributed by atoms with Gasteiger partial charge < -0.3 is 10.2 Å². The highest BCUT2D eigenvalue weighted by molar-refractivity contribution is 5.63. The summed E-state index contributed by atoms with van der Waals surface area (Å²) >= 11 is 0. The summed E-state index contributed by atoms with van der Waals surface area (Å²) in [6, 6.07) is 7.07. The van der Waals surface area contributed by atoms with Crippen LogP contribution < -0.4 is 10.2 Å². The van der Waals surface area contributed by atoms with Crippen molar-refractivity contribution in [3.8, 4) is 0 Å². The number of nitrogens with one attached hydrogen (secondary N) is 1. The van der Waals surface area contributed by atoms with Crippen LogP contribution in [0.15, 0.2) is 18.2 Å². The lowest BCUT2D eigenvalue weighted by atomic mass is 9.81. The second kappa shape index (κ2) is 5.64. The minimum atomic E-state index is -0.269. The SMILES string of the molecule is CNC1CC2CCCC(C1)N2c1cccc([N+](=O)[O-])c1C. The number of nitro benzene ring substituents is 1. The van der Waals surface area contributed by atoms with Gasteiger partial charge in [-0.15, -0.1) is 0 Å². The highest BCUT2D eigenvalue weighted by atomic mass is 16.6. The maximum absolute atomic E-state index is 11.2. The van der Waals surface area contributed by atoms with Gasteiger partial charge in [0.15, 0.2) is 0 Å². The Morgan fingerprint density at radius 3 is 2.52 bits per heavy atom. The maximum Gasteiger partial charge on any atom is 0.274 e. The van der Waals surface area contributed by atoms with Crippen molar-refractivity contribution in [2.24, 2.45) is 0 Å². The van der Waals surface area contributed by atoms with Gasteiger partial charge in [0.05, 0.1) is 10.5 Å². The van der Waals surface area contributed by atoms with E-state index in [9.17, 15) is 10.1 Å². The summed E-state index contributed by atoms with van der Waals surface area (Å²) in [5.41, 5.74) is 2.11. The van der Waals surface area contributed by atoms with Crippen molar-refractivity contribution in [1.82, 2.24) is 5.32 Å². The Balaban J connectivity index is 1.97. The fourth-order valence-electron chi connectivity index (χ4n) is 4.10. The molecule has 2 fully saturated rings. The zero-order valence-electron chi connectivity index (χ0n) is 12.7. The molecule has 3 rings (SSSR count). The van der Waals surface area contributed by atoms with Crippen LogP contribution in [0.1, 0.15) is 37.7 Å². The van der Waals surface area contributed by atoms with Crippen molar-refractivity contribution < 1.29 is 4.92 Å². The van der Waals surface area contributed by atoms with Crippen molar-refractivity contribution in [2.45, 2.75) is 57.2 Å². The first-order chi connectivity index (χ1) is 10.1. The first-order valence-corrected chi connectivity index (χ1v) is 7.81. The lowest BCUT2D eigenvalue weighted by molar-refractivity contribution is -0.385. The van der Waals surface area contributed by atoms with Crippen LogP contribution >= 0.6 is 0 Å². The molecule has 0 aliphatic carbocycles. The monoisotopic (exact) mass is 289 g/mol. The fraction of sp³-hybridized carbons (Fsp3) is 0.625. The zero-order valence-corrected chi connectivity index (χ0v) is 12.7. The highest BCUT2D eigenvalue weighted by Crippen LogP contribution is 2.40. The van der Waals surface area contributed by atoms with Crippen molar-refractivity contribution in [1.29, 1.82) is 0 Å². The molecule has 0 aromatic heterocycles. The van der Waals surface area contributed by atoms with Crippen LogP contribution in [0.4, 0.5) is 11.4 Å². The van der Waals surface area contributed by atoms with E-state index in [4.69, 9.17) is 0 Å². The molecule has 0 amide bonds. The lowest BCUT2D eigenvalue weighted by Crippen LogP contribution is -2.56. The average Bonchev–Trinajstić information content (AvgIpc) is 2.46. The van der Waals surface area contributed by atoms with Crippen LogP contribution in [0.5, 0.6) is 0 Å². The normalized spacial score (nSPS) is 28.5. The predicted molar refractivity (Wildman–Crippen MR) is 83.8 cm³/mol. The highest BCUT2D eigenvalue weighted by Gasteiger charge is 2.38. The molecular formula is C16H23N3O2. The number of fused-ring (bicyclic) bond motifs is 2. The van der Waals surface area contributed by atoms with Crippen LogP contribution in [-0.4, -0.2) is 30.1 Å². The molecule has 2 aliphatic rings. The molecule has 21 heavy (non-hydrogen) atoms. The van der Waals surface area contributed by atoms with Crippen LogP contribution in [0.2, 0.25) is 0 Å². The van der Waals surface area contributed by atoms with E-state index < -0.39 is 0 Å². The summed E-state index contributed by atoms with van der Waals surface area (Å²) in [6.45, 7) is 1.88. The Labute approximate surface area is 125 Å². The van der Waals surface area contributed by atoms with Crippen molar-refractivity contribution in [2.75, 3.05) is 11.9 Å². The van der Waals surface area contributed by atoms with Gasteiger partial charge in [-0.05, 0) is 52.1 Å². The first-order valence-electron chi connectivity index (χ1n) is 7.81. The molecule has 2 bridgehead atoms. The fourth-order valence-corrected chi connectivity index (χ4v) is 4.10.